The van der Waals surface area contributed by atoms with E-state index in [1.165, 1.54) is 12.0 Å². The summed E-state index contributed by atoms with van der Waals surface area (Å²) >= 11 is 0. The van der Waals surface area contributed by atoms with Crippen LogP contribution in [0.1, 0.15) is 36.2 Å². The molecule has 2 rings (SSSR count). The zero-order chi connectivity index (χ0) is 14.0. The number of H-pyrrole nitrogens is 1. The molecule has 1 aromatic carbocycles. The van der Waals surface area contributed by atoms with Gasteiger partial charge in [0.1, 0.15) is 5.82 Å². The lowest BCUT2D eigenvalue weighted by atomic mass is 10.1. The minimum Gasteiger partial charge on any atom is -0.377 e. The maximum absolute atomic E-state index is 5.68. The molecule has 0 fully saturated rings. The first-order chi connectivity index (χ1) is 9.88. The molecule has 3 heteroatoms. The van der Waals surface area contributed by atoms with E-state index < -0.39 is 0 Å². The zero-order valence-corrected chi connectivity index (χ0v) is 11.8. The second-order valence-electron chi connectivity index (χ2n) is 4.84. The van der Waals surface area contributed by atoms with Crippen LogP contribution in [0.2, 0.25) is 0 Å². The van der Waals surface area contributed by atoms with Gasteiger partial charge in [-0.2, -0.15) is 0 Å². The molecular weight excluding hydrogens is 248 g/mol. The fourth-order valence-corrected chi connectivity index (χ4v) is 2.05. The number of hydrogen-bond donors (Lipinski definition) is 1. The number of aryl methyl sites for hydroxylation is 1. The van der Waals surface area contributed by atoms with Crippen LogP contribution < -0.4 is 0 Å². The summed E-state index contributed by atoms with van der Waals surface area (Å²) in [4.78, 5) is 7.33. The number of unbranched alkanes of at least 4 members (excludes halogenated alkanes) is 2. The number of nitrogens with one attached hydrogen (secondary N) is 1. The number of ether oxygens (including phenoxy) is 1. The number of benzene rings is 1. The third-order valence-electron chi connectivity index (χ3n) is 3.24. The second kappa shape index (κ2) is 8.33. The monoisotopic (exact) mass is 270 g/mol. The predicted octanol–water partition coefficient (Wildman–Crippen LogP) is 3.98. The van der Waals surface area contributed by atoms with Gasteiger partial charge in [0, 0.05) is 25.4 Å². The van der Waals surface area contributed by atoms with Crippen molar-refractivity contribution in [3.05, 3.63) is 60.2 Å². The minimum atomic E-state index is 0.690. The van der Waals surface area contributed by atoms with Crippen LogP contribution in [-0.2, 0) is 17.8 Å². The Kier molecular flexibility index (Phi) is 6.06. The highest BCUT2D eigenvalue weighted by atomic mass is 16.5. The first-order valence-corrected chi connectivity index (χ1v) is 7.16. The summed E-state index contributed by atoms with van der Waals surface area (Å²) in [7, 11) is 0. The molecule has 0 bridgehead atoms. The van der Waals surface area contributed by atoms with E-state index in [4.69, 9.17) is 4.74 Å². The Morgan fingerprint density at radius 2 is 2.00 bits per heavy atom. The number of imidazole rings is 1. The maximum atomic E-state index is 5.68. The standard InChI is InChI=1S/C17H22N2O/c1-2-15-7-9-16(10-8-15)14-20-13-5-3-4-6-17-18-11-12-19-17/h2,7-12H,1,3-6,13-14H2,(H,18,19). The van der Waals surface area contributed by atoms with E-state index in [2.05, 4.69) is 40.8 Å². The van der Waals surface area contributed by atoms with Gasteiger partial charge in [0.2, 0.25) is 0 Å². The molecule has 20 heavy (non-hydrogen) atoms. The Morgan fingerprint density at radius 3 is 2.70 bits per heavy atom. The molecule has 0 aliphatic heterocycles. The van der Waals surface area contributed by atoms with Gasteiger partial charge < -0.3 is 9.72 Å². The van der Waals surface area contributed by atoms with Crippen LogP contribution in [0.3, 0.4) is 0 Å². The molecule has 0 unspecified atom stereocenters. The van der Waals surface area contributed by atoms with Crippen LogP contribution in [-0.4, -0.2) is 16.6 Å². The van der Waals surface area contributed by atoms with E-state index in [0.717, 1.165) is 37.3 Å². The Balaban J connectivity index is 1.51. The lowest BCUT2D eigenvalue weighted by molar-refractivity contribution is 0.117. The van der Waals surface area contributed by atoms with E-state index in [-0.39, 0.29) is 0 Å². The van der Waals surface area contributed by atoms with Crippen molar-refractivity contribution < 1.29 is 4.74 Å². The van der Waals surface area contributed by atoms with Crippen molar-refractivity contribution in [2.24, 2.45) is 0 Å². The summed E-state index contributed by atoms with van der Waals surface area (Å²) in [5.41, 5.74) is 2.36. The van der Waals surface area contributed by atoms with Crippen LogP contribution in [0, 0.1) is 0 Å². The van der Waals surface area contributed by atoms with Gasteiger partial charge in [0.05, 0.1) is 6.61 Å². The molecule has 0 atom stereocenters. The molecule has 0 aliphatic carbocycles. The number of aromatic nitrogens is 2. The third kappa shape index (κ3) is 5.02. The fraction of sp³-hybridized carbons (Fsp3) is 0.353. The lowest BCUT2D eigenvalue weighted by Crippen LogP contribution is -1.96. The SMILES string of the molecule is C=Cc1ccc(COCCCCCc2ncc[nH]2)cc1. The Morgan fingerprint density at radius 1 is 1.15 bits per heavy atom. The summed E-state index contributed by atoms with van der Waals surface area (Å²) in [5.74, 6) is 1.08. The number of hydrogen-bond acceptors (Lipinski definition) is 2. The van der Waals surface area contributed by atoms with Gasteiger partial charge in [-0.3, -0.25) is 0 Å². The van der Waals surface area contributed by atoms with E-state index in [9.17, 15) is 0 Å². The molecule has 0 saturated carbocycles. The van der Waals surface area contributed by atoms with Crippen LogP contribution in [0.4, 0.5) is 0 Å². The summed E-state index contributed by atoms with van der Waals surface area (Å²) in [6.07, 6.45) is 9.98. The quantitative estimate of drug-likeness (QED) is 0.700. The Bertz CT molecular complexity index is 488. The molecule has 2 aromatic rings. The van der Waals surface area contributed by atoms with Gasteiger partial charge in [-0.05, 0) is 24.0 Å². The highest BCUT2D eigenvalue weighted by Crippen LogP contribution is 2.07. The van der Waals surface area contributed by atoms with Gasteiger partial charge in [-0.15, -0.1) is 0 Å². The van der Waals surface area contributed by atoms with Gasteiger partial charge in [0.15, 0.2) is 0 Å². The van der Waals surface area contributed by atoms with Gasteiger partial charge in [-0.25, -0.2) is 4.98 Å². The van der Waals surface area contributed by atoms with Crippen molar-refractivity contribution in [3.8, 4) is 0 Å². The average molecular weight is 270 g/mol. The largest absolute Gasteiger partial charge is 0.377 e. The van der Waals surface area contributed by atoms with Crippen molar-refractivity contribution in [2.45, 2.75) is 32.3 Å². The summed E-state index contributed by atoms with van der Waals surface area (Å²) in [6, 6.07) is 8.31. The Labute approximate surface area is 120 Å². The topological polar surface area (TPSA) is 37.9 Å². The smallest absolute Gasteiger partial charge is 0.105 e. The normalized spacial score (nSPS) is 10.6. The van der Waals surface area contributed by atoms with Gasteiger partial charge in [0.25, 0.3) is 0 Å². The maximum Gasteiger partial charge on any atom is 0.105 e. The molecule has 0 spiro atoms. The van der Waals surface area contributed by atoms with Crippen molar-refractivity contribution in [1.29, 1.82) is 0 Å². The average Bonchev–Trinajstić information content (AvgIpc) is 3.00. The third-order valence-corrected chi connectivity index (χ3v) is 3.24. The highest BCUT2D eigenvalue weighted by Gasteiger charge is 1.96. The highest BCUT2D eigenvalue weighted by molar-refractivity contribution is 5.47. The molecule has 106 valence electrons. The fourth-order valence-electron chi connectivity index (χ4n) is 2.05. The molecule has 1 N–H and O–H groups in total. The van der Waals surface area contributed by atoms with E-state index in [1.54, 1.807) is 6.20 Å². The van der Waals surface area contributed by atoms with E-state index >= 15 is 0 Å². The predicted molar refractivity (Wildman–Crippen MR) is 82.3 cm³/mol. The summed E-state index contributed by atoms with van der Waals surface area (Å²) < 4.78 is 5.68. The first kappa shape index (κ1) is 14.5. The van der Waals surface area contributed by atoms with Crippen LogP contribution in [0.25, 0.3) is 6.08 Å². The summed E-state index contributed by atoms with van der Waals surface area (Å²) in [6.45, 7) is 5.26. The number of rotatable bonds is 9. The first-order valence-electron chi connectivity index (χ1n) is 7.16. The molecule has 0 radical (unpaired) electrons. The molecule has 0 aliphatic rings. The zero-order valence-electron chi connectivity index (χ0n) is 11.8. The van der Waals surface area contributed by atoms with Crippen molar-refractivity contribution in [1.82, 2.24) is 9.97 Å². The second-order valence-corrected chi connectivity index (χ2v) is 4.84. The van der Waals surface area contributed by atoms with E-state index in [1.807, 2.05) is 12.3 Å². The van der Waals surface area contributed by atoms with Crippen molar-refractivity contribution >= 4 is 6.08 Å². The van der Waals surface area contributed by atoms with Crippen LogP contribution >= 0.6 is 0 Å². The van der Waals surface area contributed by atoms with Crippen molar-refractivity contribution in [2.75, 3.05) is 6.61 Å². The van der Waals surface area contributed by atoms with E-state index in [0.29, 0.717) is 6.61 Å². The molecule has 3 nitrogen and oxygen atoms in total. The van der Waals surface area contributed by atoms with Crippen LogP contribution in [0.5, 0.6) is 0 Å². The molecule has 0 amide bonds. The van der Waals surface area contributed by atoms with Gasteiger partial charge in [-0.1, -0.05) is 43.3 Å². The molecule has 1 aromatic heterocycles. The number of nitrogens with zero attached hydrogens (tertiary/aromatic N) is 1. The van der Waals surface area contributed by atoms with Crippen LogP contribution in [0.15, 0.2) is 43.2 Å². The molecule has 0 saturated heterocycles. The molecular formula is C17H22N2O. The number of aromatic amines is 1. The molecule has 1 heterocycles. The van der Waals surface area contributed by atoms with Gasteiger partial charge >= 0.3 is 0 Å². The summed E-state index contributed by atoms with van der Waals surface area (Å²) in [5, 5.41) is 0. The lowest BCUT2D eigenvalue weighted by Gasteiger charge is -2.05. The minimum absolute atomic E-state index is 0.690. The Hall–Kier alpha value is -1.87. The van der Waals surface area contributed by atoms with Crippen molar-refractivity contribution in [3.63, 3.8) is 0 Å².